The molecule has 0 saturated carbocycles. The van der Waals surface area contributed by atoms with Crippen LogP contribution in [0.5, 0.6) is 0 Å². The Hall–Kier alpha value is -1.44. The number of nitrogens with one attached hydrogen (secondary N) is 2. The molecule has 0 radical (unpaired) electrons. The van der Waals surface area contributed by atoms with Crippen molar-refractivity contribution < 1.29 is 19.5 Å². The highest BCUT2D eigenvalue weighted by Gasteiger charge is 2.22. The van der Waals surface area contributed by atoms with Crippen LogP contribution in [0.1, 0.15) is 20.3 Å². The number of thioether (sulfide) groups is 1. The van der Waals surface area contributed by atoms with Crippen LogP contribution in [0.2, 0.25) is 0 Å². The maximum Gasteiger partial charge on any atom is 0.326 e. The highest BCUT2D eigenvalue weighted by atomic mass is 32.2. The number of urea groups is 1. The molecule has 0 rings (SSSR count). The third kappa shape index (κ3) is 9.17. The van der Waals surface area contributed by atoms with Gasteiger partial charge in [0.05, 0.1) is 0 Å². The van der Waals surface area contributed by atoms with Gasteiger partial charge in [-0.15, -0.1) is 0 Å². The number of hydrogen-bond donors (Lipinski definition) is 3. The van der Waals surface area contributed by atoms with E-state index < -0.39 is 18.0 Å². The molecule has 8 heteroatoms. The number of nitrogens with zero attached hydrogens (tertiary/aromatic N) is 1. The molecule has 0 spiro atoms. The third-order valence-electron chi connectivity index (χ3n) is 2.64. The van der Waals surface area contributed by atoms with E-state index in [0.29, 0.717) is 24.6 Å². The van der Waals surface area contributed by atoms with Gasteiger partial charge in [-0.1, -0.05) is 13.8 Å². The van der Waals surface area contributed by atoms with Crippen molar-refractivity contribution in [3.05, 3.63) is 0 Å². The molecule has 0 bridgehead atoms. The zero-order valence-electron chi connectivity index (χ0n) is 13.0. The first-order valence-electron chi connectivity index (χ1n) is 6.78. The topological polar surface area (TPSA) is 98.7 Å². The van der Waals surface area contributed by atoms with Crippen LogP contribution in [0.3, 0.4) is 0 Å². The van der Waals surface area contributed by atoms with Crippen LogP contribution in [0.15, 0.2) is 0 Å². The number of carboxylic acids is 1. The van der Waals surface area contributed by atoms with Crippen LogP contribution < -0.4 is 10.6 Å². The quantitative estimate of drug-likeness (QED) is 0.578. The second-order valence-electron chi connectivity index (χ2n) is 5.18. The molecular formula is C13H25N3O4S. The highest BCUT2D eigenvalue weighted by molar-refractivity contribution is 7.98. The smallest absolute Gasteiger partial charge is 0.326 e. The van der Waals surface area contributed by atoms with E-state index in [4.69, 9.17) is 5.11 Å². The first-order chi connectivity index (χ1) is 9.77. The molecular weight excluding hydrogens is 294 g/mol. The number of aliphatic carboxylic acids is 1. The van der Waals surface area contributed by atoms with Gasteiger partial charge in [-0.3, -0.25) is 4.79 Å². The lowest BCUT2D eigenvalue weighted by Crippen LogP contribution is -2.49. The van der Waals surface area contributed by atoms with Crippen molar-refractivity contribution >= 4 is 29.7 Å². The van der Waals surface area contributed by atoms with Crippen molar-refractivity contribution in [1.82, 2.24) is 15.5 Å². The molecule has 0 aromatic heterocycles. The summed E-state index contributed by atoms with van der Waals surface area (Å²) < 4.78 is 0. The molecule has 0 fully saturated rings. The lowest BCUT2D eigenvalue weighted by atomic mass is 10.2. The van der Waals surface area contributed by atoms with Crippen molar-refractivity contribution in [2.75, 3.05) is 32.1 Å². The number of hydrogen-bond acceptors (Lipinski definition) is 4. The Kier molecular flexibility index (Phi) is 9.60. The van der Waals surface area contributed by atoms with Crippen molar-refractivity contribution in [2.24, 2.45) is 5.92 Å². The fraction of sp³-hybridized carbons (Fsp3) is 0.769. The van der Waals surface area contributed by atoms with E-state index in [1.165, 1.54) is 23.7 Å². The SMILES string of the molecule is CSCCC(NC(=O)N(C)CC(=O)NCC(C)C)C(=O)O. The molecule has 0 saturated heterocycles. The largest absolute Gasteiger partial charge is 0.480 e. The number of carboxylic acid groups (broad SMARTS) is 1. The fourth-order valence-electron chi connectivity index (χ4n) is 1.41. The second-order valence-corrected chi connectivity index (χ2v) is 6.16. The average Bonchev–Trinajstić information content (AvgIpc) is 2.40. The second kappa shape index (κ2) is 10.3. The first kappa shape index (κ1) is 19.6. The Morgan fingerprint density at radius 3 is 2.38 bits per heavy atom. The van der Waals surface area contributed by atoms with Gasteiger partial charge in [0, 0.05) is 13.6 Å². The number of carbonyl (C=O) groups is 3. The van der Waals surface area contributed by atoms with Crippen molar-refractivity contribution in [3.63, 3.8) is 0 Å². The van der Waals surface area contributed by atoms with Gasteiger partial charge in [-0.25, -0.2) is 9.59 Å². The van der Waals surface area contributed by atoms with E-state index in [9.17, 15) is 14.4 Å². The van der Waals surface area contributed by atoms with Crippen LogP contribution in [-0.4, -0.2) is 66.1 Å². The molecule has 7 nitrogen and oxygen atoms in total. The number of rotatable bonds is 9. The molecule has 0 aliphatic heterocycles. The van der Waals surface area contributed by atoms with Gasteiger partial charge in [0.2, 0.25) is 5.91 Å². The molecule has 1 unspecified atom stereocenters. The van der Waals surface area contributed by atoms with Crippen LogP contribution in [0.25, 0.3) is 0 Å². The Bertz CT molecular complexity index is 363. The van der Waals surface area contributed by atoms with E-state index in [2.05, 4.69) is 10.6 Å². The van der Waals surface area contributed by atoms with Gasteiger partial charge < -0.3 is 20.6 Å². The lowest BCUT2D eigenvalue weighted by molar-refractivity contribution is -0.139. The Balaban J connectivity index is 4.29. The summed E-state index contributed by atoms with van der Waals surface area (Å²) in [4.78, 5) is 35.7. The molecule has 122 valence electrons. The Morgan fingerprint density at radius 2 is 1.90 bits per heavy atom. The van der Waals surface area contributed by atoms with Crippen LogP contribution >= 0.6 is 11.8 Å². The molecule has 0 aromatic rings. The lowest BCUT2D eigenvalue weighted by Gasteiger charge is -2.21. The highest BCUT2D eigenvalue weighted by Crippen LogP contribution is 2.01. The van der Waals surface area contributed by atoms with Crippen molar-refractivity contribution in [3.8, 4) is 0 Å². The molecule has 3 amide bonds. The number of likely N-dealkylation sites (N-methyl/N-ethyl adjacent to an activating group) is 1. The maximum absolute atomic E-state index is 11.9. The number of carbonyl (C=O) groups excluding carboxylic acids is 2. The minimum atomic E-state index is -1.07. The minimum absolute atomic E-state index is 0.104. The Morgan fingerprint density at radius 1 is 1.29 bits per heavy atom. The normalized spacial score (nSPS) is 11.9. The predicted molar refractivity (Wildman–Crippen MR) is 83.4 cm³/mol. The zero-order valence-corrected chi connectivity index (χ0v) is 13.8. The standard InChI is InChI=1S/C13H25N3O4S/c1-9(2)7-14-11(17)8-16(3)13(20)15-10(12(18)19)5-6-21-4/h9-10H,5-8H2,1-4H3,(H,14,17)(H,15,20)(H,18,19). The van der Waals surface area contributed by atoms with Crippen molar-refractivity contribution in [2.45, 2.75) is 26.3 Å². The van der Waals surface area contributed by atoms with E-state index in [1.807, 2.05) is 20.1 Å². The molecule has 0 aliphatic rings. The van der Waals surface area contributed by atoms with E-state index >= 15 is 0 Å². The maximum atomic E-state index is 11.9. The summed E-state index contributed by atoms with van der Waals surface area (Å²) in [7, 11) is 1.46. The molecule has 0 aliphatic carbocycles. The summed E-state index contributed by atoms with van der Waals surface area (Å²) >= 11 is 1.51. The first-order valence-corrected chi connectivity index (χ1v) is 8.17. The van der Waals surface area contributed by atoms with Gasteiger partial charge >= 0.3 is 12.0 Å². The average molecular weight is 319 g/mol. The summed E-state index contributed by atoms with van der Waals surface area (Å²) in [6.45, 7) is 4.38. The van der Waals surface area contributed by atoms with Gasteiger partial charge in [0.15, 0.2) is 0 Å². The molecule has 3 N–H and O–H groups in total. The van der Waals surface area contributed by atoms with E-state index in [-0.39, 0.29) is 12.5 Å². The minimum Gasteiger partial charge on any atom is -0.480 e. The van der Waals surface area contributed by atoms with Crippen molar-refractivity contribution in [1.29, 1.82) is 0 Å². The van der Waals surface area contributed by atoms with Crippen LogP contribution in [-0.2, 0) is 9.59 Å². The summed E-state index contributed by atoms with van der Waals surface area (Å²) in [5.41, 5.74) is 0. The van der Waals surface area contributed by atoms with E-state index in [0.717, 1.165) is 0 Å². The third-order valence-corrected chi connectivity index (χ3v) is 3.29. The molecule has 1 atom stereocenters. The summed E-state index contributed by atoms with van der Waals surface area (Å²) in [6.07, 6.45) is 2.21. The summed E-state index contributed by atoms with van der Waals surface area (Å²) in [5.74, 6) is -0.376. The fourth-order valence-corrected chi connectivity index (χ4v) is 1.88. The molecule has 0 aromatic carbocycles. The summed E-state index contributed by atoms with van der Waals surface area (Å²) in [6, 6.07) is -1.51. The predicted octanol–water partition coefficient (Wildman–Crippen LogP) is 0.606. The van der Waals surface area contributed by atoms with Gasteiger partial charge in [-0.2, -0.15) is 11.8 Å². The van der Waals surface area contributed by atoms with E-state index in [1.54, 1.807) is 0 Å². The molecule has 21 heavy (non-hydrogen) atoms. The zero-order chi connectivity index (χ0) is 16.4. The van der Waals surface area contributed by atoms with Crippen LogP contribution in [0, 0.1) is 5.92 Å². The van der Waals surface area contributed by atoms with Gasteiger partial charge in [0.1, 0.15) is 12.6 Å². The monoisotopic (exact) mass is 319 g/mol. The number of amides is 3. The summed E-state index contributed by atoms with van der Waals surface area (Å²) in [5, 5.41) is 14.1. The molecule has 0 heterocycles. The Labute approximate surface area is 129 Å². The van der Waals surface area contributed by atoms with Gasteiger partial charge in [0.25, 0.3) is 0 Å². The van der Waals surface area contributed by atoms with Crippen LogP contribution in [0.4, 0.5) is 4.79 Å². The van der Waals surface area contributed by atoms with Gasteiger partial charge in [-0.05, 0) is 24.3 Å².